The minimum atomic E-state index is -0.856. The van der Waals surface area contributed by atoms with Gasteiger partial charge in [0.05, 0.1) is 6.61 Å². The molecule has 0 rings (SSSR count). The van der Waals surface area contributed by atoms with Crippen LogP contribution in [0.25, 0.3) is 0 Å². The molecule has 6 heteroatoms. The van der Waals surface area contributed by atoms with Gasteiger partial charge >= 0.3 is 12.0 Å². The van der Waals surface area contributed by atoms with Crippen molar-refractivity contribution in [3.63, 3.8) is 0 Å². The first-order chi connectivity index (χ1) is 8.82. The van der Waals surface area contributed by atoms with Gasteiger partial charge in [-0.2, -0.15) is 0 Å². The Morgan fingerprint density at radius 3 is 2.42 bits per heavy atom. The molecule has 6 nitrogen and oxygen atoms in total. The normalized spacial score (nSPS) is 11.2. The summed E-state index contributed by atoms with van der Waals surface area (Å²) in [7, 11) is 0. The highest BCUT2D eigenvalue weighted by Gasteiger charge is 2.23. The fourth-order valence-corrected chi connectivity index (χ4v) is 1.57. The molecule has 0 atom stereocenters. The molecule has 112 valence electrons. The second-order valence-corrected chi connectivity index (χ2v) is 4.98. The number of rotatable bonds is 9. The Morgan fingerprint density at radius 2 is 1.95 bits per heavy atom. The monoisotopic (exact) mass is 274 g/mol. The van der Waals surface area contributed by atoms with Gasteiger partial charge in [-0.1, -0.05) is 0 Å². The molecule has 0 aromatic rings. The van der Waals surface area contributed by atoms with E-state index in [1.807, 2.05) is 27.7 Å². The minimum Gasteiger partial charge on any atom is -0.481 e. The van der Waals surface area contributed by atoms with Crippen LogP contribution < -0.4 is 5.32 Å². The number of hydrogen-bond donors (Lipinski definition) is 2. The molecule has 0 aliphatic carbocycles. The highest BCUT2D eigenvalue weighted by molar-refractivity contribution is 5.75. The zero-order valence-corrected chi connectivity index (χ0v) is 12.4. The van der Waals surface area contributed by atoms with E-state index in [1.165, 1.54) is 0 Å². The molecule has 19 heavy (non-hydrogen) atoms. The van der Waals surface area contributed by atoms with Gasteiger partial charge in [0.15, 0.2) is 0 Å². The van der Waals surface area contributed by atoms with Gasteiger partial charge in [0.1, 0.15) is 0 Å². The minimum absolute atomic E-state index is 0.0400. The molecule has 0 heterocycles. The average Bonchev–Trinajstić information content (AvgIpc) is 2.31. The number of carbonyl (C=O) groups excluding carboxylic acids is 1. The Kier molecular flexibility index (Phi) is 8.14. The molecule has 0 aliphatic rings. The topological polar surface area (TPSA) is 78.9 Å². The fraction of sp³-hybridized carbons (Fsp3) is 0.846. The van der Waals surface area contributed by atoms with Gasteiger partial charge in [0.2, 0.25) is 0 Å². The van der Waals surface area contributed by atoms with Crippen LogP contribution in [0.3, 0.4) is 0 Å². The SMILES string of the molecule is CCOCCN(CC)C(=O)NC(C)(C)CCC(=O)O. The van der Waals surface area contributed by atoms with E-state index < -0.39 is 11.5 Å². The second kappa shape index (κ2) is 8.74. The van der Waals surface area contributed by atoms with Gasteiger partial charge < -0.3 is 20.1 Å². The number of nitrogens with zero attached hydrogens (tertiary/aromatic N) is 1. The first-order valence-electron chi connectivity index (χ1n) is 6.69. The van der Waals surface area contributed by atoms with Gasteiger partial charge in [-0.25, -0.2) is 4.79 Å². The van der Waals surface area contributed by atoms with Crippen molar-refractivity contribution >= 4 is 12.0 Å². The molecule has 2 N–H and O–H groups in total. The van der Waals surface area contributed by atoms with Crippen LogP contribution in [0.2, 0.25) is 0 Å². The van der Waals surface area contributed by atoms with Crippen molar-refractivity contribution in [3.8, 4) is 0 Å². The van der Waals surface area contributed by atoms with E-state index in [2.05, 4.69) is 5.32 Å². The predicted octanol–water partition coefficient (Wildman–Crippen LogP) is 1.70. The van der Waals surface area contributed by atoms with Gasteiger partial charge in [0.25, 0.3) is 0 Å². The number of hydrogen-bond acceptors (Lipinski definition) is 3. The van der Waals surface area contributed by atoms with E-state index in [1.54, 1.807) is 4.90 Å². The molecular formula is C13H26N2O4. The van der Waals surface area contributed by atoms with Gasteiger partial charge in [0, 0.05) is 31.7 Å². The van der Waals surface area contributed by atoms with Crippen molar-refractivity contribution in [2.24, 2.45) is 0 Å². The Bertz CT molecular complexity index is 292. The summed E-state index contributed by atoms with van der Waals surface area (Å²) in [5, 5.41) is 11.5. The van der Waals surface area contributed by atoms with Crippen molar-refractivity contribution in [2.45, 2.75) is 46.1 Å². The van der Waals surface area contributed by atoms with E-state index in [0.717, 1.165) is 0 Å². The summed E-state index contributed by atoms with van der Waals surface area (Å²) in [6.07, 6.45) is 0.440. The second-order valence-electron chi connectivity index (χ2n) is 4.98. The van der Waals surface area contributed by atoms with Crippen molar-refractivity contribution in [3.05, 3.63) is 0 Å². The number of aliphatic carboxylic acids is 1. The maximum atomic E-state index is 12.0. The summed E-state index contributed by atoms with van der Waals surface area (Å²) >= 11 is 0. The number of carbonyl (C=O) groups is 2. The zero-order chi connectivity index (χ0) is 14.9. The molecule has 0 bridgehead atoms. The number of amides is 2. The maximum absolute atomic E-state index is 12.0. The van der Waals surface area contributed by atoms with E-state index >= 15 is 0 Å². The molecule has 0 aromatic carbocycles. The molecule has 0 unspecified atom stereocenters. The maximum Gasteiger partial charge on any atom is 0.317 e. The van der Waals surface area contributed by atoms with E-state index in [9.17, 15) is 9.59 Å². The average molecular weight is 274 g/mol. The van der Waals surface area contributed by atoms with Crippen LogP contribution in [0.5, 0.6) is 0 Å². The highest BCUT2D eigenvalue weighted by atomic mass is 16.5. The van der Waals surface area contributed by atoms with Gasteiger partial charge in [-0.05, 0) is 34.1 Å². The molecule has 2 amide bonds. The lowest BCUT2D eigenvalue weighted by molar-refractivity contribution is -0.137. The lowest BCUT2D eigenvalue weighted by Crippen LogP contribution is -2.50. The molecule has 0 spiro atoms. The number of carboxylic acids is 1. The lowest BCUT2D eigenvalue weighted by Gasteiger charge is -2.30. The third-order valence-corrected chi connectivity index (χ3v) is 2.79. The number of likely N-dealkylation sites (N-methyl/N-ethyl adjacent to an activating group) is 1. The predicted molar refractivity (Wildman–Crippen MR) is 73.2 cm³/mol. The van der Waals surface area contributed by atoms with Crippen molar-refractivity contribution in [2.75, 3.05) is 26.3 Å². The molecule has 0 radical (unpaired) electrons. The molecule has 0 fully saturated rings. The molecule has 0 aliphatic heterocycles. The largest absolute Gasteiger partial charge is 0.481 e. The van der Waals surface area contributed by atoms with Crippen LogP contribution in [0.4, 0.5) is 4.79 Å². The quantitative estimate of drug-likeness (QED) is 0.627. The molecule has 0 aromatic heterocycles. The Labute approximate surface area is 115 Å². The third-order valence-electron chi connectivity index (χ3n) is 2.79. The highest BCUT2D eigenvalue weighted by Crippen LogP contribution is 2.11. The van der Waals surface area contributed by atoms with Gasteiger partial charge in [-0.15, -0.1) is 0 Å². The first kappa shape index (κ1) is 17.7. The Hall–Kier alpha value is -1.30. The van der Waals surface area contributed by atoms with Crippen molar-refractivity contribution in [1.29, 1.82) is 0 Å². The molecular weight excluding hydrogens is 248 g/mol. The number of ether oxygens (including phenoxy) is 1. The summed E-state index contributed by atoms with van der Waals surface area (Å²) < 4.78 is 5.23. The Balaban J connectivity index is 4.25. The molecule has 0 saturated heterocycles. The van der Waals surface area contributed by atoms with Crippen LogP contribution >= 0.6 is 0 Å². The summed E-state index contributed by atoms with van der Waals surface area (Å²) in [5.41, 5.74) is -0.533. The van der Waals surface area contributed by atoms with E-state index in [4.69, 9.17) is 9.84 Å². The van der Waals surface area contributed by atoms with E-state index in [-0.39, 0.29) is 12.5 Å². The van der Waals surface area contributed by atoms with Crippen LogP contribution in [-0.2, 0) is 9.53 Å². The third kappa shape index (κ3) is 8.42. The van der Waals surface area contributed by atoms with Gasteiger partial charge in [-0.3, -0.25) is 4.79 Å². The standard InChI is InChI=1S/C13H26N2O4/c1-5-15(9-10-19-6-2)12(18)14-13(3,4)8-7-11(16)17/h5-10H2,1-4H3,(H,14,18)(H,16,17). The van der Waals surface area contributed by atoms with Crippen LogP contribution in [0.1, 0.15) is 40.5 Å². The van der Waals surface area contributed by atoms with Crippen LogP contribution in [-0.4, -0.2) is 53.8 Å². The Morgan fingerprint density at radius 1 is 1.32 bits per heavy atom. The summed E-state index contributed by atoms with van der Waals surface area (Å²) in [6, 6.07) is -0.183. The summed E-state index contributed by atoms with van der Waals surface area (Å²) in [6.45, 7) is 9.71. The summed E-state index contributed by atoms with van der Waals surface area (Å²) in [4.78, 5) is 24.2. The van der Waals surface area contributed by atoms with Crippen molar-refractivity contribution < 1.29 is 19.4 Å². The molecule has 0 saturated carbocycles. The van der Waals surface area contributed by atoms with Crippen LogP contribution in [0, 0.1) is 0 Å². The first-order valence-corrected chi connectivity index (χ1v) is 6.69. The zero-order valence-electron chi connectivity index (χ0n) is 12.4. The smallest absolute Gasteiger partial charge is 0.317 e. The van der Waals surface area contributed by atoms with Crippen LogP contribution in [0.15, 0.2) is 0 Å². The number of carboxylic acid groups (broad SMARTS) is 1. The van der Waals surface area contributed by atoms with Crippen molar-refractivity contribution in [1.82, 2.24) is 10.2 Å². The van der Waals surface area contributed by atoms with E-state index in [0.29, 0.717) is 32.7 Å². The lowest BCUT2D eigenvalue weighted by atomic mass is 9.99. The summed E-state index contributed by atoms with van der Waals surface area (Å²) in [5.74, 6) is -0.856. The fourth-order valence-electron chi connectivity index (χ4n) is 1.57. The number of nitrogens with one attached hydrogen (secondary N) is 1. The number of urea groups is 1.